The highest BCUT2D eigenvalue weighted by Gasteiger charge is 2.26. The normalized spacial score (nSPS) is 15.4. The van der Waals surface area contributed by atoms with Crippen molar-refractivity contribution in [3.63, 3.8) is 0 Å². The first-order valence-corrected chi connectivity index (χ1v) is 12.2. The molecule has 33 heavy (non-hydrogen) atoms. The van der Waals surface area contributed by atoms with E-state index in [-0.39, 0.29) is 0 Å². The summed E-state index contributed by atoms with van der Waals surface area (Å²) in [6, 6.07) is 35.1. The molecule has 1 aliphatic rings. The Labute approximate surface area is 195 Å². The van der Waals surface area contributed by atoms with Crippen molar-refractivity contribution in [2.75, 3.05) is 19.6 Å². The van der Waals surface area contributed by atoms with Crippen LogP contribution in [0.3, 0.4) is 0 Å². The van der Waals surface area contributed by atoms with Gasteiger partial charge in [0.1, 0.15) is 0 Å². The van der Waals surface area contributed by atoms with E-state index in [1.165, 1.54) is 70.0 Å². The van der Waals surface area contributed by atoms with Gasteiger partial charge in [0.05, 0.1) is 0 Å². The highest BCUT2D eigenvalue weighted by atomic mass is 15.1. The zero-order chi connectivity index (χ0) is 22.0. The van der Waals surface area contributed by atoms with Crippen LogP contribution in [0, 0.1) is 0 Å². The van der Waals surface area contributed by atoms with Gasteiger partial charge in [-0.25, -0.2) is 0 Å². The highest BCUT2D eigenvalue weighted by molar-refractivity contribution is 5.91. The SMILES string of the molecule is c1ccc(-c2[nH]c3ccccc3c2C2CCN(CCc3cccc4ccccc34)CC2)cc1. The Morgan fingerprint density at radius 2 is 1.39 bits per heavy atom. The van der Waals surface area contributed by atoms with Crippen molar-refractivity contribution in [3.8, 4) is 11.3 Å². The first-order valence-electron chi connectivity index (χ1n) is 12.2. The van der Waals surface area contributed by atoms with E-state index in [0.717, 1.165) is 13.0 Å². The minimum Gasteiger partial charge on any atom is -0.354 e. The molecule has 1 aromatic heterocycles. The van der Waals surface area contributed by atoms with Crippen LogP contribution in [0.1, 0.15) is 29.9 Å². The first-order chi connectivity index (χ1) is 16.4. The van der Waals surface area contributed by atoms with Gasteiger partial charge in [0, 0.05) is 23.1 Å². The van der Waals surface area contributed by atoms with Gasteiger partial charge in [-0.2, -0.15) is 0 Å². The number of fused-ring (bicyclic) bond motifs is 2. The molecule has 0 spiro atoms. The van der Waals surface area contributed by atoms with Gasteiger partial charge in [0.2, 0.25) is 0 Å². The molecule has 2 heteroatoms. The molecule has 0 aliphatic carbocycles. The number of para-hydroxylation sites is 1. The van der Waals surface area contributed by atoms with E-state index in [0.29, 0.717) is 5.92 Å². The summed E-state index contributed by atoms with van der Waals surface area (Å²) in [5.41, 5.74) is 6.85. The lowest BCUT2D eigenvalue weighted by atomic mass is 9.86. The average Bonchev–Trinajstić information content (AvgIpc) is 3.28. The zero-order valence-corrected chi connectivity index (χ0v) is 19.0. The van der Waals surface area contributed by atoms with Crippen LogP contribution in [0.15, 0.2) is 97.1 Å². The van der Waals surface area contributed by atoms with Gasteiger partial charge in [-0.1, -0.05) is 91.0 Å². The number of piperidine rings is 1. The number of rotatable bonds is 5. The molecule has 1 saturated heterocycles. The minimum absolute atomic E-state index is 0.602. The van der Waals surface area contributed by atoms with Crippen LogP contribution in [-0.2, 0) is 6.42 Å². The van der Waals surface area contributed by atoms with Gasteiger partial charge >= 0.3 is 0 Å². The minimum atomic E-state index is 0.602. The standard InChI is InChI=1S/C31H30N2/c1-2-10-26(11-3-1)31-30(28-15-6-7-16-29(28)32-31)25-18-21-33(22-19-25)20-17-24-13-8-12-23-9-4-5-14-27(23)24/h1-16,25,32H,17-22H2. The Morgan fingerprint density at radius 1 is 0.697 bits per heavy atom. The van der Waals surface area contributed by atoms with Crippen LogP contribution in [0.5, 0.6) is 0 Å². The lowest BCUT2D eigenvalue weighted by Gasteiger charge is -2.32. The summed E-state index contributed by atoms with van der Waals surface area (Å²) in [7, 11) is 0. The lowest BCUT2D eigenvalue weighted by Crippen LogP contribution is -2.34. The lowest BCUT2D eigenvalue weighted by molar-refractivity contribution is 0.215. The van der Waals surface area contributed by atoms with E-state index < -0.39 is 0 Å². The summed E-state index contributed by atoms with van der Waals surface area (Å²) in [5.74, 6) is 0.602. The Balaban J connectivity index is 1.20. The summed E-state index contributed by atoms with van der Waals surface area (Å²) in [6.45, 7) is 3.48. The molecule has 0 radical (unpaired) electrons. The van der Waals surface area contributed by atoms with E-state index >= 15 is 0 Å². The summed E-state index contributed by atoms with van der Waals surface area (Å²) in [6.07, 6.45) is 3.56. The van der Waals surface area contributed by atoms with Crippen molar-refractivity contribution < 1.29 is 0 Å². The number of aromatic nitrogens is 1. The monoisotopic (exact) mass is 430 g/mol. The number of aromatic amines is 1. The largest absolute Gasteiger partial charge is 0.354 e. The van der Waals surface area contributed by atoms with Gasteiger partial charge in [-0.3, -0.25) is 0 Å². The molecular weight excluding hydrogens is 400 g/mol. The van der Waals surface area contributed by atoms with Crippen molar-refractivity contribution in [2.45, 2.75) is 25.2 Å². The third kappa shape index (κ3) is 3.96. The maximum absolute atomic E-state index is 3.74. The molecule has 0 atom stereocenters. The van der Waals surface area contributed by atoms with Crippen molar-refractivity contribution in [1.82, 2.24) is 9.88 Å². The van der Waals surface area contributed by atoms with Crippen molar-refractivity contribution in [3.05, 3.63) is 108 Å². The van der Waals surface area contributed by atoms with Gasteiger partial charge in [-0.05, 0) is 71.8 Å². The third-order valence-corrected chi connectivity index (χ3v) is 7.38. The first kappa shape index (κ1) is 20.3. The molecule has 1 aliphatic heterocycles. The van der Waals surface area contributed by atoms with Crippen LogP contribution >= 0.6 is 0 Å². The van der Waals surface area contributed by atoms with Crippen LogP contribution in [0.4, 0.5) is 0 Å². The maximum atomic E-state index is 3.74. The molecule has 1 fully saturated rings. The molecule has 164 valence electrons. The topological polar surface area (TPSA) is 19.0 Å². The van der Waals surface area contributed by atoms with E-state index in [4.69, 9.17) is 0 Å². The second-order valence-corrected chi connectivity index (χ2v) is 9.33. The third-order valence-electron chi connectivity index (χ3n) is 7.38. The quantitative estimate of drug-likeness (QED) is 0.307. The molecule has 1 N–H and O–H groups in total. The number of hydrogen-bond donors (Lipinski definition) is 1. The molecule has 0 unspecified atom stereocenters. The second kappa shape index (κ2) is 8.88. The van der Waals surface area contributed by atoms with Gasteiger partial charge < -0.3 is 9.88 Å². The molecular formula is C31H30N2. The molecule has 6 rings (SSSR count). The molecule has 0 amide bonds. The van der Waals surface area contributed by atoms with Gasteiger partial charge in [0.15, 0.2) is 0 Å². The fourth-order valence-electron chi connectivity index (χ4n) is 5.65. The predicted octanol–water partition coefficient (Wildman–Crippen LogP) is 7.41. The Kier molecular flexibility index (Phi) is 5.45. The van der Waals surface area contributed by atoms with E-state index in [1.807, 2.05) is 0 Å². The Morgan fingerprint density at radius 3 is 2.24 bits per heavy atom. The summed E-state index contributed by atoms with van der Waals surface area (Å²) >= 11 is 0. The smallest absolute Gasteiger partial charge is 0.0500 e. The number of nitrogens with one attached hydrogen (secondary N) is 1. The number of H-pyrrole nitrogens is 1. The number of hydrogen-bond acceptors (Lipinski definition) is 1. The molecule has 2 nitrogen and oxygen atoms in total. The second-order valence-electron chi connectivity index (χ2n) is 9.33. The Bertz CT molecular complexity index is 1370. The molecule has 2 heterocycles. The summed E-state index contributed by atoms with van der Waals surface area (Å²) in [5, 5.41) is 4.15. The van der Waals surface area contributed by atoms with Gasteiger partial charge in [-0.15, -0.1) is 0 Å². The van der Waals surface area contributed by atoms with Crippen LogP contribution in [0.25, 0.3) is 32.9 Å². The maximum Gasteiger partial charge on any atom is 0.0500 e. The highest BCUT2D eigenvalue weighted by Crippen LogP contribution is 2.40. The summed E-state index contributed by atoms with van der Waals surface area (Å²) in [4.78, 5) is 6.40. The number of benzene rings is 4. The van der Waals surface area contributed by atoms with Crippen molar-refractivity contribution in [1.29, 1.82) is 0 Å². The number of nitrogens with zero attached hydrogens (tertiary/aromatic N) is 1. The fraction of sp³-hybridized carbons (Fsp3) is 0.226. The zero-order valence-electron chi connectivity index (χ0n) is 19.0. The summed E-state index contributed by atoms with van der Waals surface area (Å²) < 4.78 is 0. The molecule has 0 bridgehead atoms. The average molecular weight is 431 g/mol. The predicted molar refractivity (Wildman–Crippen MR) is 140 cm³/mol. The van der Waals surface area contributed by atoms with Crippen LogP contribution in [0.2, 0.25) is 0 Å². The van der Waals surface area contributed by atoms with Crippen molar-refractivity contribution >= 4 is 21.7 Å². The van der Waals surface area contributed by atoms with Crippen LogP contribution < -0.4 is 0 Å². The van der Waals surface area contributed by atoms with E-state index in [1.54, 1.807) is 0 Å². The number of likely N-dealkylation sites (tertiary alicyclic amines) is 1. The van der Waals surface area contributed by atoms with E-state index in [9.17, 15) is 0 Å². The van der Waals surface area contributed by atoms with Crippen molar-refractivity contribution in [2.24, 2.45) is 0 Å². The van der Waals surface area contributed by atoms with Gasteiger partial charge in [0.25, 0.3) is 0 Å². The Hall–Kier alpha value is -3.36. The molecule has 0 saturated carbocycles. The van der Waals surface area contributed by atoms with E-state index in [2.05, 4.69) is 107 Å². The fourth-order valence-corrected chi connectivity index (χ4v) is 5.65. The molecule has 5 aromatic rings. The van der Waals surface area contributed by atoms with Crippen LogP contribution in [-0.4, -0.2) is 29.5 Å². The molecule has 4 aromatic carbocycles.